The molecule has 3 rings (SSSR count). The van der Waals surface area contributed by atoms with Crippen molar-refractivity contribution in [1.29, 1.82) is 0 Å². The zero-order valence-electron chi connectivity index (χ0n) is 16.7. The second-order valence-corrected chi connectivity index (χ2v) is 9.15. The smallest absolute Gasteiger partial charge is 0.264 e. The first-order valence-electron chi connectivity index (χ1n) is 9.78. The highest BCUT2D eigenvalue weighted by Gasteiger charge is 2.35. The van der Waals surface area contributed by atoms with Crippen LogP contribution in [0.1, 0.15) is 42.1 Å². The van der Waals surface area contributed by atoms with Gasteiger partial charge in [0.25, 0.3) is 16.0 Å². The van der Waals surface area contributed by atoms with Gasteiger partial charge in [0.1, 0.15) is 12.4 Å². The molecule has 29 heavy (non-hydrogen) atoms. The zero-order chi connectivity index (χ0) is 20.9. The molecule has 1 saturated carbocycles. The molecule has 7 heteroatoms. The molecular formula is C22H27NO5S. The normalized spacial score (nSPS) is 22.1. The Kier molecular flexibility index (Phi) is 6.92. The highest BCUT2D eigenvalue weighted by Crippen LogP contribution is 2.28. The summed E-state index contributed by atoms with van der Waals surface area (Å²) in [5.74, 6) is 0.558. The quantitative estimate of drug-likeness (QED) is 0.697. The van der Waals surface area contributed by atoms with Gasteiger partial charge in [-0.3, -0.25) is 8.98 Å². The summed E-state index contributed by atoms with van der Waals surface area (Å²) in [4.78, 5) is 12.7. The minimum atomic E-state index is -3.58. The summed E-state index contributed by atoms with van der Waals surface area (Å²) in [6, 6.07) is 16.4. The van der Waals surface area contributed by atoms with Gasteiger partial charge >= 0.3 is 0 Å². The van der Waals surface area contributed by atoms with Gasteiger partial charge in [0, 0.05) is 5.56 Å². The first-order chi connectivity index (χ1) is 13.8. The maximum Gasteiger partial charge on any atom is 0.264 e. The third kappa shape index (κ3) is 6.30. The van der Waals surface area contributed by atoms with E-state index in [4.69, 9.17) is 8.92 Å². The van der Waals surface area contributed by atoms with Crippen molar-refractivity contribution < 1.29 is 22.1 Å². The molecule has 2 aromatic carbocycles. The average Bonchev–Trinajstić information content (AvgIpc) is 2.69. The predicted molar refractivity (Wildman–Crippen MR) is 111 cm³/mol. The van der Waals surface area contributed by atoms with Crippen molar-refractivity contribution >= 4 is 16.0 Å². The topological polar surface area (TPSA) is 81.7 Å². The van der Waals surface area contributed by atoms with Crippen LogP contribution in [0.2, 0.25) is 0 Å². The number of hydrogen-bond acceptors (Lipinski definition) is 5. The van der Waals surface area contributed by atoms with E-state index in [0.29, 0.717) is 24.3 Å². The van der Waals surface area contributed by atoms with E-state index < -0.39 is 16.2 Å². The molecule has 1 aliphatic carbocycles. The van der Waals surface area contributed by atoms with E-state index >= 15 is 0 Å². The number of amides is 1. The molecule has 6 nitrogen and oxygen atoms in total. The Morgan fingerprint density at radius 1 is 1.07 bits per heavy atom. The van der Waals surface area contributed by atoms with Gasteiger partial charge in [-0.2, -0.15) is 8.42 Å². The number of ether oxygens (including phenoxy) is 1. The number of benzene rings is 2. The van der Waals surface area contributed by atoms with E-state index in [0.717, 1.165) is 24.7 Å². The lowest BCUT2D eigenvalue weighted by Gasteiger charge is -2.36. The van der Waals surface area contributed by atoms with Crippen LogP contribution in [0.3, 0.4) is 0 Å². The van der Waals surface area contributed by atoms with Crippen LogP contribution in [0.4, 0.5) is 0 Å². The molecule has 0 aliphatic heterocycles. The molecule has 0 bridgehead atoms. The molecule has 1 N–H and O–H groups in total. The molecule has 0 radical (unpaired) electrons. The lowest BCUT2D eigenvalue weighted by molar-refractivity contribution is 0.0695. The monoisotopic (exact) mass is 417 g/mol. The second kappa shape index (κ2) is 9.41. The van der Waals surface area contributed by atoms with Gasteiger partial charge in [-0.05, 0) is 48.6 Å². The molecule has 1 amide bonds. The van der Waals surface area contributed by atoms with Crippen molar-refractivity contribution in [1.82, 2.24) is 5.32 Å². The molecular weight excluding hydrogens is 390 g/mol. The number of nitrogens with one attached hydrogen (secondary N) is 1. The summed E-state index contributed by atoms with van der Waals surface area (Å²) in [6.45, 7) is 2.46. The Hall–Kier alpha value is -2.38. The summed E-state index contributed by atoms with van der Waals surface area (Å²) in [5.41, 5.74) is 1.56. The van der Waals surface area contributed by atoms with Crippen molar-refractivity contribution in [2.75, 3.05) is 6.26 Å². The minimum Gasteiger partial charge on any atom is -0.489 e. The highest BCUT2D eigenvalue weighted by molar-refractivity contribution is 7.86. The maximum absolute atomic E-state index is 12.7. The molecule has 0 saturated heterocycles. The highest BCUT2D eigenvalue weighted by atomic mass is 32.2. The Bertz CT molecular complexity index is 912. The SMILES string of the molecule is CC1CCCC(OS(C)(=O)=O)C1NC(=O)c1ccc(OCc2ccccc2)cc1. The van der Waals surface area contributed by atoms with Crippen LogP contribution < -0.4 is 10.1 Å². The summed E-state index contributed by atoms with van der Waals surface area (Å²) in [5, 5.41) is 2.97. The molecule has 0 aromatic heterocycles. The van der Waals surface area contributed by atoms with Gasteiger partial charge in [0.05, 0.1) is 18.4 Å². The Morgan fingerprint density at radius 3 is 2.41 bits per heavy atom. The molecule has 1 fully saturated rings. The van der Waals surface area contributed by atoms with Crippen molar-refractivity contribution in [2.45, 2.75) is 44.9 Å². The number of hydrogen-bond donors (Lipinski definition) is 1. The van der Waals surface area contributed by atoms with Crippen LogP contribution in [-0.4, -0.2) is 32.7 Å². The Morgan fingerprint density at radius 2 is 1.76 bits per heavy atom. The number of carbonyl (C=O) groups is 1. The van der Waals surface area contributed by atoms with Crippen molar-refractivity contribution in [3.8, 4) is 5.75 Å². The second-order valence-electron chi connectivity index (χ2n) is 7.54. The third-order valence-corrected chi connectivity index (χ3v) is 5.72. The van der Waals surface area contributed by atoms with Gasteiger partial charge in [0.2, 0.25) is 0 Å². The fourth-order valence-corrected chi connectivity index (χ4v) is 4.28. The van der Waals surface area contributed by atoms with Gasteiger partial charge in [-0.1, -0.05) is 43.7 Å². The molecule has 1 aliphatic rings. The molecule has 156 valence electrons. The van der Waals surface area contributed by atoms with Crippen LogP contribution in [0.25, 0.3) is 0 Å². The van der Waals surface area contributed by atoms with E-state index in [9.17, 15) is 13.2 Å². The zero-order valence-corrected chi connectivity index (χ0v) is 17.5. The molecule has 0 spiro atoms. The van der Waals surface area contributed by atoms with Crippen LogP contribution in [0.5, 0.6) is 5.75 Å². The maximum atomic E-state index is 12.7. The van der Waals surface area contributed by atoms with E-state index in [-0.39, 0.29) is 17.9 Å². The van der Waals surface area contributed by atoms with Crippen LogP contribution >= 0.6 is 0 Å². The average molecular weight is 418 g/mol. The Labute approximate surface area is 172 Å². The lowest BCUT2D eigenvalue weighted by atomic mass is 9.83. The van der Waals surface area contributed by atoms with Gasteiger partial charge < -0.3 is 10.1 Å². The molecule has 2 aromatic rings. The largest absolute Gasteiger partial charge is 0.489 e. The van der Waals surface area contributed by atoms with Gasteiger partial charge in [-0.15, -0.1) is 0 Å². The first kappa shape index (κ1) is 21.3. The fourth-order valence-electron chi connectivity index (χ4n) is 3.61. The third-order valence-electron chi connectivity index (χ3n) is 5.12. The van der Waals surface area contributed by atoms with E-state index in [1.54, 1.807) is 24.3 Å². The van der Waals surface area contributed by atoms with Crippen LogP contribution in [0.15, 0.2) is 54.6 Å². The standard InChI is InChI=1S/C22H27NO5S/c1-16-7-6-10-20(28-29(2,25)26)21(16)23-22(24)18-11-13-19(14-12-18)27-15-17-8-4-3-5-9-17/h3-5,8-9,11-14,16,20-21H,6-7,10,15H2,1-2H3,(H,23,24). The predicted octanol–water partition coefficient (Wildman–Crippen LogP) is 3.53. The van der Waals surface area contributed by atoms with E-state index in [2.05, 4.69) is 5.32 Å². The minimum absolute atomic E-state index is 0.132. The van der Waals surface area contributed by atoms with Crippen molar-refractivity contribution in [3.63, 3.8) is 0 Å². The molecule has 0 heterocycles. The van der Waals surface area contributed by atoms with Crippen molar-refractivity contribution in [2.24, 2.45) is 5.92 Å². The van der Waals surface area contributed by atoms with E-state index in [1.807, 2.05) is 37.3 Å². The first-order valence-corrected chi connectivity index (χ1v) is 11.6. The van der Waals surface area contributed by atoms with Crippen molar-refractivity contribution in [3.05, 3.63) is 65.7 Å². The van der Waals surface area contributed by atoms with Crippen LogP contribution in [0, 0.1) is 5.92 Å². The van der Waals surface area contributed by atoms with Gasteiger partial charge in [-0.25, -0.2) is 0 Å². The summed E-state index contributed by atoms with van der Waals surface area (Å²) in [7, 11) is -3.58. The number of rotatable bonds is 7. The summed E-state index contributed by atoms with van der Waals surface area (Å²) < 4.78 is 34.1. The van der Waals surface area contributed by atoms with Crippen LogP contribution in [-0.2, 0) is 20.9 Å². The molecule has 3 atom stereocenters. The Balaban J connectivity index is 1.61. The fraction of sp³-hybridized carbons (Fsp3) is 0.409. The summed E-state index contributed by atoms with van der Waals surface area (Å²) in [6.07, 6.45) is 2.90. The molecule has 3 unspecified atom stereocenters. The van der Waals surface area contributed by atoms with Gasteiger partial charge in [0.15, 0.2) is 0 Å². The summed E-state index contributed by atoms with van der Waals surface area (Å²) >= 11 is 0. The number of carbonyl (C=O) groups excluding carboxylic acids is 1. The van der Waals surface area contributed by atoms with E-state index in [1.165, 1.54) is 0 Å². The lowest BCUT2D eigenvalue weighted by Crippen LogP contribution is -2.51.